The summed E-state index contributed by atoms with van der Waals surface area (Å²) in [5.74, 6) is 0. The van der Waals surface area contributed by atoms with Crippen molar-refractivity contribution in [2.45, 2.75) is 25.6 Å². The summed E-state index contributed by atoms with van der Waals surface area (Å²) in [5, 5.41) is 0. The molecule has 2 rings (SSSR count). The summed E-state index contributed by atoms with van der Waals surface area (Å²) in [6.07, 6.45) is 3.54. The first-order chi connectivity index (χ1) is 7.45. The molecule has 1 atom stereocenters. The van der Waals surface area contributed by atoms with E-state index in [0.717, 1.165) is 52.5 Å². The van der Waals surface area contributed by atoms with E-state index in [0.29, 0.717) is 0 Å². The van der Waals surface area contributed by atoms with E-state index < -0.39 is 0 Å². The Morgan fingerprint density at radius 1 is 1.13 bits per heavy atom. The van der Waals surface area contributed by atoms with Crippen molar-refractivity contribution in [1.82, 2.24) is 4.90 Å². The van der Waals surface area contributed by atoms with Crippen molar-refractivity contribution in [2.75, 3.05) is 46.1 Å². The van der Waals surface area contributed by atoms with Crippen LogP contribution in [0, 0.1) is 0 Å². The lowest BCUT2D eigenvalue weighted by molar-refractivity contribution is -0.165. The molecular weight excluding hydrogens is 194 g/mol. The van der Waals surface area contributed by atoms with Crippen molar-refractivity contribution in [3.8, 4) is 0 Å². The molecule has 88 valence electrons. The van der Waals surface area contributed by atoms with Crippen LogP contribution in [0.5, 0.6) is 0 Å². The molecule has 0 aliphatic carbocycles. The highest BCUT2D eigenvalue weighted by Gasteiger charge is 2.15. The zero-order valence-corrected chi connectivity index (χ0v) is 9.32. The predicted octanol–water partition coefficient (Wildman–Crippen LogP) is 0.862. The van der Waals surface area contributed by atoms with Gasteiger partial charge in [0.25, 0.3) is 0 Å². The van der Waals surface area contributed by atoms with Crippen LogP contribution in [-0.2, 0) is 14.2 Å². The maximum absolute atomic E-state index is 5.68. The lowest BCUT2D eigenvalue weighted by atomic mass is 10.2. The van der Waals surface area contributed by atoms with Crippen LogP contribution < -0.4 is 0 Å². The van der Waals surface area contributed by atoms with Gasteiger partial charge in [0.15, 0.2) is 6.29 Å². The minimum atomic E-state index is 0.0554. The van der Waals surface area contributed by atoms with Crippen molar-refractivity contribution in [3.05, 3.63) is 0 Å². The maximum atomic E-state index is 5.68. The molecule has 0 spiro atoms. The van der Waals surface area contributed by atoms with E-state index in [1.165, 1.54) is 12.8 Å². The molecule has 0 bridgehead atoms. The summed E-state index contributed by atoms with van der Waals surface area (Å²) in [7, 11) is 0. The van der Waals surface area contributed by atoms with Crippen LogP contribution in [0.25, 0.3) is 0 Å². The van der Waals surface area contributed by atoms with Gasteiger partial charge in [0, 0.05) is 26.2 Å². The molecule has 4 heteroatoms. The molecule has 0 N–H and O–H groups in total. The van der Waals surface area contributed by atoms with Crippen molar-refractivity contribution in [2.24, 2.45) is 0 Å². The number of hydrogen-bond acceptors (Lipinski definition) is 4. The molecule has 15 heavy (non-hydrogen) atoms. The Balaban J connectivity index is 1.53. The predicted molar refractivity (Wildman–Crippen MR) is 56.8 cm³/mol. The van der Waals surface area contributed by atoms with Crippen molar-refractivity contribution in [1.29, 1.82) is 0 Å². The zero-order valence-electron chi connectivity index (χ0n) is 9.32. The Hall–Kier alpha value is -0.160. The zero-order chi connectivity index (χ0) is 10.3. The van der Waals surface area contributed by atoms with Gasteiger partial charge >= 0.3 is 0 Å². The average molecular weight is 215 g/mol. The van der Waals surface area contributed by atoms with E-state index >= 15 is 0 Å². The first kappa shape index (κ1) is 11.3. The molecule has 0 saturated carbocycles. The highest BCUT2D eigenvalue weighted by Crippen LogP contribution is 2.13. The highest BCUT2D eigenvalue weighted by molar-refractivity contribution is 4.61. The third-order valence-corrected chi connectivity index (χ3v) is 2.95. The van der Waals surface area contributed by atoms with Gasteiger partial charge in [-0.15, -0.1) is 0 Å². The van der Waals surface area contributed by atoms with Gasteiger partial charge in [-0.3, -0.25) is 4.90 Å². The summed E-state index contributed by atoms with van der Waals surface area (Å²) < 4.78 is 16.5. The summed E-state index contributed by atoms with van der Waals surface area (Å²) in [6.45, 7) is 6.44. The van der Waals surface area contributed by atoms with Crippen LogP contribution in [0.2, 0.25) is 0 Å². The third-order valence-electron chi connectivity index (χ3n) is 2.95. The van der Waals surface area contributed by atoms with E-state index in [1.54, 1.807) is 0 Å². The summed E-state index contributed by atoms with van der Waals surface area (Å²) in [5.41, 5.74) is 0. The number of morpholine rings is 1. The van der Waals surface area contributed by atoms with Gasteiger partial charge in [-0.2, -0.15) is 0 Å². The van der Waals surface area contributed by atoms with Crippen LogP contribution in [0.1, 0.15) is 19.3 Å². The normalized spacial score (nSPS) is 29.2. The Morgan fingerprint density at radius 2 is 2.00 bits per heavy atom. The molecule has 2 aliphatic heterocycles. The van der Waals surface area contributed by atoms with Crippen LogP contribution in [-0.4, -0.2) is 57.3 Å². The molecule has 0 amide bonds. The maximum Gasteiger partial charge on any atom is 0.157 e. The number of nitrogens with zero attached hydrogens (tertiary/aromatic N) is 1. The van der Waals surface area contributed by atoms with Gasteiger partial charge in [-0.25, -0.2) is 0 Å². The van der Waals surface area contributed by atoms with Gasteiger partial charge in [-0.05, 0) is 19.3 Å². The standard InChI is InChI=1S/C11H21NO3/c1-2-7-14-11(3-1)15-10-6-12-4-8-13-9-5-12/h11H,1-10H2. The summed E-state index contributed by atoms with van der Waals surface area (Å²) in [6, 6.07) is 0. The van der Waals surface area contributed by atoms with E-state index in [2.05, 4.69) is 4.90 Å². The Morgan fingerprint density at radius 3 is 2.73 bits per heavy atom. The fourth-order valence-corrected chi connectivity index (χ4v) is 1.98. The minimum absolute atomic E-state index is 0.0554. The molecule has 4 nitrogen and oxygen atoms in total. The first-order valence-electron chi connectivity index (χ1n) is 5.98. The van der Waals surface area contributed by atoms with Crippen molar-refractivity contribution in [3.63, 3.8) is 0 Å². The SMILES string of the molecule is C1CCC(OCCN2CCOCC2)OC1. The second kappa shape index (κ2) is 6.43. The van der Waals surface area contributed by atoms with Gasteiger partial charge < -0.3 is 14.2 Å². The topological polar surface area (TPSA) is 30.9 Å². The Labute approximate surface area is 91.5 Å². The van der Waals surface area contributed by atoms with E-state index in [-0.39, 0.29) is 6.29 Å². The number of ether oxygens (including phenoxy) is 3. The molecule has 0 aromatic carbocycles. The molecule has 1 unspecified atom stereocenters. The van der Waals surface area contributed by atoms with Crippen LogP contribution in [0.15, 0.2) is 0 Å². The molecule has 0 aromatic heterocycles. The fraction of sp³-hybridized carbons (Fsp3) is 1.00. The van der Waals surface area contributed by atoms with Crippen LogP contribution in [0.4, 0.5) is 0 Å². The third kappa shape index (κ3) is 4.07. The van der Waals surface area contributed by atoms with E-state index in [9.17, 15) is 0 Å². The van der Waals surface area contributed by atoms with Crippen molar-refractivity contribution < 1.29 is 14.2 Å². The average Bonchev–Trinajstić information content (AvgIpc) is 2.32. The monoisotopic (exact) mass is 215 g/mol. The van der Waals surface area contributed by atoms with Gasteiger partial charge in [0.1, 0.15) is 0 Å². The van der Waals surface area contributed by atoms with Crippen LogP contribution in [0.3, 0.4) is 0 Å². The van der Waals surface area contributed by atoms with Crippen LogP contribution >= 0.6 is 0 Å². The molecule has 0 aromatic rings. The molecule has 2 saturated heterocycles. The highest BCUT2D eigenvalue weighted by atomic mass is 16.7. The molecule has 2 heterocycles. The summed E-state index contributed by atoms with van der Waals surface area (Å²) in [4.78, 5) is 2.38. The lowest BCUT2D eigenvalue weighted by Crippen LogP contribution is -2.39. The molecule has 0 radical (unpaired) electrons. The minimum Gasteiger partial charge on any atom is -0.379 e. The van der Waals surface area contributed by atoms with Gasteiger partial charge in [-0.1, -0.05) is 0 Å². The van der Waals surface area contributed by atoms with E-state index in [4.69, 9.17) is 14.2 Å². The first-order valence-corrected chi connectivity index (χ1v) is 5.98. The van der Waals surface area contributed by atoms with Gasteiger partial charge in [0.2, 0.25) is 0 Å². The van der Waals surface area contributed by atoms with E-state index in [1.807, 2.05) is 0 Å². The van der Waals surface area contributed by atoms with Gasteiger partial charge in [0.05, 0.1) is 19.8 Å². The molecular formula is C11H21NO3. The van der Waals surface area contributed by atoms with Crippen molar-refractivity contribution >= 4 is 0 Å². The number of rotatable bonds is 4. The second-order valence-electron chi connectivity index (χ2n) is 4.12. The second-order valence-corrected chi connectivity index (χ2v) is 4.12. The molecule has 2 fully saturated rings. The molecule has 2 aliphatic rings. The summed E-state index contributed by atoms with van der Waals surface area (Å²) >= 11 is 0. The largest absolute Gasteiger partial charge is 0.379 e. The quantitative estimate of drug-likeness (QED) is 0.696. The number of hydrogen-bond donors (Lipinski definition) is 0. The smallest absolute Gasteiger partial charge is 0.157 e. The Bertz CT molecular complexity index is 147. The lowest BCUT2D eigenvalue weighted by Gasteiger charge is -2.28. The Kier molecular flexibility index (Phi) is 4.86. The fourth-order valence-electron chi connectivity index (χ4n) is 1.98.